The number of carbonyl (C=O) groups excluding carboxylic acids is 1. The first-order valence-electron chi connectivity index (χ1n) is 7.35. The van der Waals surface area contributed by atoms with Crippen molar-refractivity contribution in [3.05, 3.63) is 54.6 Å². The molecule has 1 aromatic carbocycles. The molecule has 0 atom stereocenters. The Balaban J connectivity index is 1.59. The van der Waals surface area contributed by atoms with E-state index in [4.69, 9.17) is 0 Å². The lowest BCUT2D eigenvalue weighted by Crippen LogP contribution is -2.48. The van der Waals surface area contributed by atoms with Crippen molar-refractivity contribution in [1.82, 2.24) is 9.80 Å². The Hall–Kier alpha value is -0.830. The van der Waals surface area contributed by atoms with E-state index in [9.17, 15) is 13.6 Å². The molecule has 128 valence electrons. The van der Waals surface area contributed by atoms with Crippen molar-refractivity contribution in [2.45, 2.75) is 6.54 Å². The summed E-state index contributed by atoms with van der Waals surface area (Å²) < 4.78 is 28.8. The summed E-state index contributed by atoms with van der Waals surface area (Å²) in [4.78, 5) is 17.0. The van der Waals surface area contributed by atoms with Gasteiger partial charge in [-0.2, -0.15) is 0 Å². The predicted molar refractivity (Wildman–Crippen MR) is 97.3 cm³/mol. The van der Waals surface area contributed by atoms with Crippen LogP contribution in [0.5, 0.6) is 0 Å². The van der Waals surface area contributed by atoms with Crippen molar-refractivity contribution in [3.8, 4) is 0 Å². The van der Waals surface area contributed by atoms with Crippen LogP contribution < -0.4 is 0 Å². The molecule has 0 spiro atoms. The summed E-state index contributed by atoms with van der Waals surface area (Å²) in [5, 5.41) is 0. The highest BCUT2D eigenvalue weighted by Gasteiger charge is 2.24. The summed E-state index contributed by atoms with van der Waals surface area (Å²) >= 11 is 8.18. The van der Waals surface area contributed by atoms with Crippen molar-refractivity contribution in [1.29, 1.82) is 0 Å². The molecule has 3 nitrogen and oxygen atoms in total. The standard InChI is InChI=1S/C16H14Br2F2N2OS/c17-11-8-13(24-15(11)18)16(23)22-6-4-21(5-7-22)9-10-2-1-3-12(19)14(10)20/h1-3,8H,4-7,9H2. The molecule has 8 heteroatoms. The van der Waals surface area contributed by atoms with Crippen molar-refractivity contribution >= 4 is 49.1 Å². The van der Waals surface area contributed by atoms with Gasteiger partial charge in [0.1, 0.15) is 0 Å². The van der Waals surface area contributed by atoms with Crippen molar-refractivity contribution in [2.75, 3.05) is 26.2 Å². The van der Waals surface area contributed by atoms with Gasteiger partial charge in [0.2, 0.25) is 0 Å². The third-order valence-corrected chi connectivity index (χ3v) is 7.19. The minimum Gasteiger partial charge on any atom is -0.335 e. The quantitative estimate of drug-likeness (QED) is 0.646. The summed E-state index contributed by atoms with van der Waals surface area (Å²) in [5.41, 5.74) is 0.348. The Bertz CT molecular complexity index is 741. The van der Waals surface area contributed by atoms with Crippen LogP contribution in [0.1, 0.15) is 15.2 Å². The van der Waals surface area contributed by atoms with Crippen LogP contribution in [0.3, 0.4) is 0 Å². The molecule has 0 unspecified atom stereocenters. The molecule has 0 N–H and O–H groups in total. The van der Waals surface area contributed by atoms with Crippen molar-refractivity contribution in [3.63, 3.8) is 0 Å². The Morgan fingerprint density at radius 2 is 1.88 bits per heavy atom. The minimum atomic E-state index is -0.824. The molecule has 3 rings (SSSR count). The number of hydrogen-bond acceptors (Lipinski definition) is 3. The lowest BCUT2D eigenvalue weighted by Gasteiger charge is -2.34. The van der Waals surface area contributed by atoms with Gasteiger partial charge in [-0.05, 0) is 44.0 Å². The maximum Gasteiger partial charge on any atom is 0.264 e. The van der Waals surface area contributed by atoms with Gasteiger partial charge in [0.25, 0.3) is 5.91 Å². The van der Waals surface area contributed by atoms with E-state index in [2.05, 4.69) is 31.9 Å². The van der Waals surface area contributed by atoms with E-state index in [-0.39, 0.29) is 5.91 Å². The average molecular weight is 480 g/mol. The molecule has 2 aromatic rings. The van der Waals surface area contributed by atoms with Crippen LogP contribution in [0.15, 0.2) is 32.5 Å². The number of hydrogen-bond donors (Lipinski definition) is 0. The van der Waals surface area contributed by atoms with E-state index in [1.807, 2.05) is 11.0 Å². The highest BCUT2D eigenvalue weighted by Crippen LogP contribution is 2.33. The predicted octanol–water partition coefficient (Wildman–Crippen LogP) is 4.51. The fourth-order valence-corrected chi connectivity index (χ4v) is 4.63. The van der Waals surface area contributed by atoms with Gasteiger partial charge in [0, 0.05) is 42.8 Å². The van der Waals surface area contributed by atoms with Crippen LogP contribution in [-0.2, 0) is 6.54 Å². The number of amides is 1. The number of halogens is 4. The SMILES string of the molecule is O=C(c1cc(Br)c(Br)s1)N1CCN(Cc2cccc(F)c2F)CC1. The van der Waals surface area contributed by atoms with Crippen LogP contribution in [0.25, 0.3) is 0 Å². The van der Waals surface area contributed by atoms with E-state index >= 15 is 0 Å². The number of thiophene rings is 1. The van der Waals surface area contributed by atoms with E-state index < -0.39 is 11.6 Å². The lowest BCUT2D eigenvalue weighted by atomic mass is 10.1. The largest absolute Gasteiger partial charge is 0.335 e. The highest BCUT2D eigenvalue weighted by molar-refractivity contribution is 9.13. The number of benzene rings is 1. The van der Waals surface area contributed by atoms with Crippen LogP contribution >= 0.6 is 43.2 Å². The normalized spacial score (nSPS) is 15.8. The van der Waals surface area contributed by atoms with E-state index in [1.165, 1.54) is 17.4 Å². The first-order valence-corrected chi connectivity index (χ1v) is 9.75. The van der Waals surface area contributed by atoms with Gasteiger partial charge in [0.15, 0.2) is 11.6 Å². The van der Waals surface area contributed by atoms with Gasteiger partial charge < -0.3 is 4.90 Å². The van der Waals surface area contributed by atoms with Crippen molar-refractivity contribution in [2.24, 2.45) is 0 Å². The van der Waals surface area contributed by atoms with Gasteiger partial charge in [-0.25, -0.2) is 8.78 Å². The molecular weight excluding hydrogens is 466 g/mol. The zero-order chi connectivity index (χ0) is 17.3. The maximum atomic E-state index is 13.7. The Morgan fingerprint density at radius 1 is 1.17 bits per heavy atom. The summed E-state index contributed by atoms with van der Waals surface area (Å²) in [6, 6.07) is 6.04. The van der Waals surface area contributed by atoms with Gasteiger partial charge >= 0.3 is 0 Å². The van der Waals surface area contributed by atoms with Crippen molar-refractivity contribution < 1.29 is 13.6 Å². The molecule has 24 heavy (non-hydrogen) atoms. The zero-order valence-corrected chi connectivity index (χ0v) is 16.6. The summed E-state index contributed by atoms with van der Waals surface area (Å²) in [6.07, 6.45) is 0. The second-order valence-electron chi connectivity index (χ2n) is 5.51. The molecule has 1 aliphatic rings. The second kappa shape index (κ2) is 7.59. The summed E-state index contributed by atoms with van der Waals surface area (Å²) in [5.74, 6) is -1.61. The Morgan fingerprint density at radius 3 is 2.50 bits per heavy atom. The molecule has 1 saturated heterocycles. The molecule has 1 aromatic heterocycles. The molecule has 0 bridgehead atoms. The van der Waals surface area contributed by atoms with Crippen LogP contribution in [0.2, 0.25) is 0 Å². The monoisotopic (exact) mass is 478 g/mol. The molecule has 1 fully saturated rings. The fourth-order valence-electron chi connectivity index (χ4n) is 2.63. The Kier molecular flexibility index (Phi) is 5.69. The van der Waals surface area contributed by atoms with Crippen LogP contribution in [0, 0.1) is 11.6 Å². The molecule has 1 aliphatic heterocycles. The van der Waals surface area contributed by atoms with E-state index in [0.717, 1.165) is 14.3 Å². The first-order chi connectivity index (χ1) is 11.5. The average Bonchev–Trinajstić information content (AvgIpc) is 2.91. The van der Waals surface area contributed by atoms with Crippen LogP contribution in [0.4, 0.5) is 8.78 Å². The third kappa shape index (κ3) is 3.87. The van der Waals surface area contributed by atoms with Gasteiger partial charge in [-0.3, -0.25) is 9.69 Å². The zero-order valence-electron chi connectivity index (χ0n) is 12.6. The van der Waals surface area contributed by atoms with Gasteiger partial charge in [0.05, 0.1) is 8.66 Å². The highest BCUT2D eigenvalue weighted by atomic mass is 79.9. The smallest absolute Gasteiger partial charge is 0.264 e. The first kappa shape index (κ1) is 18.0. The number of rotatable bonds is 3. The van der Waals surface area contributed by atoms with E-state index in [0.29, 0.717) is 43.2 Å². The molecule has 2 heterocycles. The molecule has 0 aliphatic carbocycles. The van der Waals surface area contributed by atoms with Gasteiger partial charge in [-0.15, -0.1) is 11.3 Å². The summed E-state index contributed by atoms with van der Waals surface area (Å²) in [6.45, 7) is 2.76. The van der Waals surface area contributed by atoms with E-state index in [1.54, 1.807) is 11.0 Å². The summed E-state index contributed by atoms with van der Waals surface area (Å²) in [7, 11) is 0. The van der Waals surface area contributed by atoms with Crippen LogP contribution in [-0.4, -0.2) is 41.9 Å². The Labute approximate surface area is 159 Å². The maximum absolute atomic E-state index is 13.7. The number of carbonyl (C=O) groups is 1. The second-order valence-corrected chi connectivity index (χ2v) is 8.74. The molecule has 1 amide bonds. The lowest BCUT2D eigenvalue weighted by molar-refractivity contribution is 0.0631. The molecule has 0 radical (unpaired) electrons. The van der Waals surface area contributed by atoms with Gasteiger partial charge in [-0.1, -0.05) is 12.1 Å². The fraction of sp³-hybridized carbons (Fsp3) is 0.312. The molecule has 0 saturated carbocycles. The topological polar surface area (TPSA) is 23.6 Å². The third-order valence-electron chi connectivity index (χ3n) is 3.94. The number of nitrogens with zero attached hydrogens (tertiary/aromatic N) is 2. The minimum absolute atomic E-state index is 0.00276. The molecular formula is C16H14Br2F2N2OS. The number of piperazine rings is 1.